The van der Waals surface area contributed by atoms with Gasteiger partial charge in [0.1, 0.15) is 0 Å². The molecule has 0 bridgehead atoms. The molecule has 2 N–H and O–H groups in total. The Morgan fingerprint density at radius 2 is 2.58 bits per heavy atom. The maximum Gasteiger partial charge on any atom is 0.0168 e. The zero-order chi connectivity index (χ0) is 8.39. The summed E-state index contributed by atoms with van der Waals surface area (Å²) in [5.41, 5.74) is 1.67. The molecule has 0 spiro atoms. The smallest absolute Gasteiger partial charge is 0.0168 e. The minimum absolute atomic E-state index is 0.839. The molecule has 1 aliphatic heterocycles. The average molecular weight is 166 g/mol. The number of rotatable bonds is 2. The Hall–Kier alpha value is -0.340. The minimum Gasteiger partial charge on any atom is -0.319 e. The van der Waals surface area contributed by atoms with E-state index < -0.39 is 0 Å². The van der Waals surface area contributed by atoms with Gasteiger partial charge in [-0.2, -0.15) is 0 Å². The Kier molecular flexibility index (Phi) is 2.47. The lowest BCUT2D eigenvalue weighted by molar-refractivity contribution is 0.349. The SMILES string of the molecule is CNCC1CCC=C2CNCC21. The van der Waals surface area contributed by atoms with Crippen LogP contribution in [-0.4, -0.2) is 26.7 Å². The van der Waals surface area contributed by atoms with Gasteiger partial charge in [0.15, 0.2) is 0 Å². The van der Waals surface area contributed by atoms with E-state index in [4.69, 9.17) is 0 Å². The van der Waals surface area contributed by atoms with Crippen LogP contribution in [0, 0.1) is 11.8 Å². The van der Waals surface area contributed by atoms with Gasteiger partial charge in [0.25, 0.3) is 0 Å². The molecule has 0 amide bonds. The fourth-order valence-corrected chi connectivity index (χ4v) is 2.52. The summed E-state index contributed by atoms with van der Waals surface area (Å²) in [6.45, 7) is 3.53. The molecule has 12 heavy (non-hydrogen) atoms. The van der Waals surface area contributed by atoms with Crippen LogP contribution in [0.4, 0.5) is 0 Å². The van der Waals surface area contributed by atoms with Gasteiger partial charge < -0.3 is 10.6 Å². The second kappa shape index (κ2) is 3.58. The fraction of sp³-hybridized carbons (Fsp3) is 0.800. The fourth-order valence-electron chi connectivity index (χ4n) is 2.52. The summed E-state index contributed by atoms with van der Waals surface area (Å²) >= 11 is 0. The lowest BCUT2D eigenvalue weighted by atomic mass is 9.80. The molecule has 2 heteroatoms. The Morgan fingerprint density at radius 3 is 3.42 bits per heavy atom. The van der Waals surface area contributed by atoms with Crippen LogP contribution in [0.5, 0.6) is 0 Å². The van der Waals surface area contributed by atoms with Crippen LogP contribution in [0.25, 0.3) is 0 Å². The topological polar surface area (TPSA) is 24.1 Å². The standard InChI is InChI=1S/C10H18N2/c1-11-5-8-3-2-4-9-6-12-7-10(8)9/h4,8,10-12H,2-3,5-7H2,1H3. The van der Waals surface area contributed by atoms with Crippen LogP contribution >= 0.6 is 0 Å². The summed E-state index contributed by atoms with van der Waals surface area (Å²) < 4.78 is 0. The van der Waals surface area contributed by atoms with Gasteiger partial charge in [-0.05, 0) is 38.3 Å². The van der Waals surface area contributed by atoms with Gasteiger partial charge in [-0.15, -0.1) is 0 Å². The molecule has 2 nitrogen and oxygen atoms in total. The van der Waals surface area contributed by atoms with Crippen LogP contribution < -0.4 is 10.6 Å². The molecular weight excluding hydrogens is 148 g/mol. The van der Waals surface area contributed by atoms with Crippen molar-refractivity contribution in [1.29, 1.82) is 0 Å². The number of nitrogens with one attached hydrogen (secondary N) is 2. The van der Waals surface area contributed by atoms with Crippen LogP contribution in [-0.2, 0) is 0 Å². The van der Waals surface area contributed by atoms with Crippen molar-refractivity contribution in [1.82, 2.24) is 10.6 Å². The molecule has 0 saturated carbocycles. The predicted octanol–water partition coefficient (Wildman–Crippen LogP) is 0.762. The minimum atomic E-state index is 0.839. The number of allylic oxidation sites excluding steroid dienone is 1. The van der Waals surface area contributed by atoms with Gasteiger partial charge in [-0.1, -0.05) is 11.6 Å². The molecule has 0 aromatic heterocycles. The van der Waals surface area contributed by atoms with E-state index in [1.54, 1.807) is 5.57 Å². The van der Waals surface area contributed by atoms with E-state index in [1.807, 2.05) is 0 Å². The Balaban J connectivity index is 2.03. The highest BCUT2D eigenvalue weighted by atomic mass is 14.9. The Labute approximate surface area is 74.4 Å². The first-order valence-electron chi connectivity index (χ1n) is 4.96. The second-order valence-corrected chi connectivity index (χ2v) is 3.91. The summed E-state index contributed by atoms with van der Waals surface area (Å²) in [4.78, 5) is 0. The van der Waals surface area contributed by atoms with Crippen molar-refractivity contribution in [3.05, 3.63) is 11.6 Å². The van der Waals surface area contributed by atoms with Crippen LogP contribution in [0.1, 0.15) is 12.8 Å². The molecule has 1 saturated heterocycles. The third-order valence-corrected chi connectivity index (χ3v) is 3.15. The van der Waals surface area contributed by atoms with Gasteiger partial charge in [-0.3, -0.25) is 0 Å². The van der Waals surface area contributed by atoms with Crippen molar-refractivity contribution in [2.24, 2.45) is 11.8 Å². The second-order valence-electron chi connectivity index (χ2n) is 3.91. The first-order chi connectivity index (χ1) is 5.92. The van der Waals surface area contributed by atoms with Crippen molar-refractivity contribution >= 4 is 0 Å². The van der Waals surface area contributed by atoms with E-state index in [0.717, 1.165) is 18.4 Å². The molecule has 2 atom stereocenters. The zero-order valence-corrected chi connectivity index (χ0v) is 7.77. The van der Waals surface area contributed by atoms with E-state index in [2.05, 4.69) is 23.8 Å². The summed E-state index contributed by atoms with van der Waals surface area (Å²) in [6, 6.07) is 0. The molecule has 2 aliphatic rings. The number of fused-ring (bicyclic) bond motifs is 1. The van der Waals surface area contributed by atoms with Crippen molar-refractivity contribution < 1.29 is 0 Å². The maximum absolute atomic E-state index is 3.46. The molecule has 0 aromatic rings. The summed E-state index contributed by atoms with van der Waals surface area (Å²) in [5.74, 6) is 1.72. The predicted molar refractivity (Wildman–Crippen MR) is 51.1 cm³/mol. The first kappa shape index (κ1) is 8.27. The highest BCUT2D eigenvalue weighted by molar-refractivity contribution is 5.18. The molecule has 2 unspecified atom stereocenters. The highest BCUT2D eigenvalue weighted by Crippen LogP contribution is 2.32. The van der Waals surface area contributed by atoms with Crippen LogP contribution in [0.2, 0.25) is 0 Å². The highest BCUT2D eigenvalue weighted by Gasteiger charge is 2.30. The van der Waals surface area contributed by atoms with Gasteiger partial charge in [0, 0.05) is 13.1 Å². The average Bonchev–Trinajstić information content (AvgIpc) is 2.53. The Morgan fingerprint density at radius 1 is 1.67 bits per heavy atom. The molecular formula is C10H18N2. The largest absolute Gasteiger partial charge is 0.319 e. The zero-order valence-electron chi connectivity index (χ0n) is 7.77. The summed E-state index contributed by atoms with van der Waals surface area (Å²) in [5, 5.41) is 6.75. The lowest BCUT2D eigenvalue weighted by Crippen LogP contribution is -2.29. The quantitative estimate of drug-likeness (QED) is 0.592. The van der Waals surface area contributed by atoms with E-state index in [9.17, 15) is 0 Å². The summed E-state index contributed by atoms with van der Waals surface area (Å²) in [6.07, 6.45) is 5.10. The van der Waals surface area contributed by atoms with Crippen LogP contribution in [0.3, 0.4) is 0 Å². The van der Waals surface area contributed by atoms with Gasteiger partial charge >= 0.3 is 0 Å². The van der Waals surface area contributed by atoms with E-state index in [1.165, 1.54) is 25.9 Å². The van der Waals surface area contributed by atoms with E-state index >= 15 is 0 Å². The molecule has 1 aliphatic carbocycles. The third kappa shape index (κ3) is 1.41. The van der Waals surface area contributed by atoms with E-state index in [0.29, 0.717) is 0 Å². The molecule has 0 radical (unpaired) electrons. The van der Waals surface area contributed by atoms with Gasteiger partial charge in [-0.25, -0.2) is 0 Å². The van der Waals surface area contributed by atoms with Gasteiger partial charge in [0.2, 0.25) is 0 Å². The molecule has 1 fully saturated rings. The Bertz CT molecular complexity index is 186. The monoisotopic (exact) mass is 166 g/mol. The van der Waals surface area contributed by atoms with Crippen molar-refractivity contribution in [2.45, 2.75) is 12.8 Å². The van der Waals surface area contributed by atoms with Crippen LogP contribution in [0.15, 0.2) is 11.6 Å². The molecule has 1 heterocycles. The first-order valence-corrected chi connectivity index (χ1v) is 4.96. The van der Waals surface area contributed by atoms with Crippen molar-refractivity contribution in [3.63, 3.8) is 0 Å². The number of hydrogen-bond acceptors (Lipinski definition) is 2. The van der Waals surface area contributed by atoms with Gasteiger partial charge in [0.05, 0.1) is 0 Å². The number of hydrogen-bond donors (Lipinski definition) is 2. The van der Waals surface area contributed by atoms with Crippen molar-refractivity contribution in [2.75, 3.05) is 26.7 Å². The summed E-state index contributed by atoms with van der Waals surface area (Å²) in [7, 11) is 2.06. The molecule has 0 aromatic carbocycles. The normalized spacial score (nSPS) is 34.6. The lowest BCUT2D eigenvalue weighted by Gasteiger charge is -2.27. The molecule has 68 valence electrons. The maximum atomic E-state index is 3.46. The van der Waals surface area contributed by atoms with E-state index in [-0.39, 0.29) is 0 Å². The molecule has 2 rings (SSSR count). The van der Waals surface area contributed by atoms with Crippen molar-refractivity contribution in [3.8, 4) is 0 Å². The third-order valence-electron chi connectivity index (χ3n) is 3.15.